The Bertz CT molecular complexity index is 1600. The number of imide groups is 2. The number of H-pyrrole nitrogens is 1. The fourth-order valence-electron chi connectivity index (χ4n) is 4.71. The van der Waals surface area contributed by atoms with Crippen LogP contribution in [0.2, 0.25) is 0 Å². The molecular formula is C28H20F6N4O3. The van der Waals surface area contributed by atoms with Crippen molar-refractivity contribution >= 4 is 34.6 Å². The Balaban J connectivity index is 1.51. The summed E-state index contributed by atoms with van der Waals surface area (Å²) in [4.78, 5) is 44.4. The smallest absolute Gasteiger partial charge is 0.361 e. The van der Waals surface area contributed by atoms with E-state index in [1.165, 1.54) is 12.1 Å². The molecule has 2 N–H and O–H groups in total. The summed E-state index contributed by atoms with van der Waals surface area (Å²) in [7, 11) is 0. The first-order valence-electron chi connectivity index (χ1n) is 12.2. The number of anilines is 1. The van der Waals surface area contributed by atoms with Gasteiger partial charge in [0.2, 0.25) is 0 Å². The maximum absolute atomic E-state index is 13.5. The number of hydrogen-bond donors (Lipinski definition) is 2. The molecule has 4 aromatic rings. The third-order valence-corrected chi connectivity index (χ3v) is 6.62. The predicted molar refractivity (Wildman–Crippen MR) is 135 cm³/mol. The molecule has 13 heteroatoms. The topological polar surface area (TPSA) is 85.5 Å². The van der Waals surface area contributed by atoms with Crippen LogP contribution >= 0.6 is 0 Å². The summed E-state index contributed by atoms with van der Waals surface area (Å²) < 4.78 is 80.4. The van der Waals surface area contributed by atoms with Gasteiger partial charge in [-0.3, -0.25) is 9.69 Å². The number of amides is 5. The van der Waals surface area contributed by atoms with E-state index in [-0.39, 0.29) is 12.5 Å². The van der Waals surface area contributed by atoms with Crippen LogP contribution in [0.3, 0.4) is 0 Å². The van der Waals surface area contributed by atoms with Crippen LogP contribution in [-0.4, -0.2) is 38.8 Å². The van der Waals surface area contributed by atoms with Crippen molar-refractivity contribution in [3.63, 3.8) is 0 Å². The number of aromatic amines is 1. The zero-order chi connectivity index (χ0) is 29.5. The van der Waals surface area contributed by atoms with Gasteiger partial charge in [0.15, 0.2) is 0 Å². The molecule has 7 nitrogen and oxygen atoms in total. The highest BCUT2D eigenvalue weighted by atomic mass is 19.4. The maximum atomic E-state index is 13.5. The average Bonchev–Trinajstić information content (AvgIpc) is 3.42. The molecule has 5 rings (SSSR count). The number of benzene rings is 3. The summed E-state index contributed by atoms with van der Waals surface area (Å²) in [5, 5.41) is 3.22. The fourth-order valence-corrected chi connectivity index (χ4v) is 4.71. The number of nitrogens with zero attached hydrogens (tertiary/aromatic N) is 2. The van der Waals surface area contributed by atoms with E-state index < -0.39 is 59.6 Å². The number of aromatic nitrogens is 1. The van der Waals surface area contributed by atoms with E-state index in [0.717, 1.165) is 5.52 Å². The number of para-hydroxylation sites is 2. The van der Waals surface area contributed by atoms with Gasteiger partial charge in [-0.05, 0) is 47.5 Å². The number of carbonyl (C=O) groups excluding carboxylic acids is 3. The summed E-state index contributed by atoms with van der Waals surface area (Å²) in [6.07, 6.45) is -8.78. The highest BCUT2D eigenvalue weighted by Gasteiger charge is 2.49. The van der Waals surface area contributed by atoms with Gasteiger partial charge in [0.1, 0.15) is 6.04 Å². The molecule has 0 bridgehead atoms. The van der Waals surface area contributed by atoms with E-state index in [1.54, 1.807) is 48.7 Å². The Kier molecular flexibility index (Phi) is 6.97. The molecule has 41 heavy (non-hydrogen) atoms. The van der Waals surface area contributed by atoms with Crippen LogP contribution in [0.5, 0.6) is 0 Å². The number of carbonyl (C=O) groups is 3. The predicted octanol–water partition coefficient (Wildman–Crippen LogP) is 6.81. The quantitative estimate of drug-likeness (QED) is 0.203. The van der Waals surface area contributed by atoms with E-state index >= 15 is 0 Å². The Morgan fingerprint density at radius 3 is 2.10 bits per heavy atom. The van der Waals surface area contributed by atoms with Crippen molar-refractivity contribution in [3.8, 4) is 0 Å². The van der Waals surface area contributed by atoms with Crippen molar-refractivity contribution in [2.45, 2.75) is 31.4 Å². The van der Waals surface area contributed by atoms with Crippen LogP contribution in [0.1, 0.15) is 22.3 Å². The standard InChI is InChI=1S/C28H20F6N4O3/c29-27(30,31)18-10-16(11-19(13-18)28(32,33)34)15-37-24(39)23(12-17-14-35-22-9-5-4-8-21(17)22)38(26(37)41)25(40)36-20-6-2-1-3-7-20/h1-11,13-14,23,35H,12,15H2,(H,36,40). The number of urea groups is 2. The molecule has 1 saturated heterocycles. The minimum atomic E-state index is -5.12. The average molecular weight is 574 g/mol. The van der Waals surface area contributed by atoms with Crippen LogP contribution < -0.4 is 5.32 Å². The van der Waals surface area contributed by atoms with Gasteiger partial charge in [-0.25, -0.2) is 14.5 Å². The lowest BCUT2D eigenvalue weighted by Crippen LogP contribution is -2.44. The zero-order valence-electron chi connectivity index (χ0n) is 20.9. The summed E-state index contributed by atoms with van der Waals surface area (Å²) in [5.41, 5.74) is -2.16. The minimum absolute atomic E-state index is 0.0451. The largest absolute Gasteiger partial charge is 0.416 e. The summed E-state index contributed by atoms with van der Waals surface area (Å²) in [5.74, 6) is -0.950. The third kappa shape index (κ3) is 5.60. The van der Waals surface area contributed by atoms with Crippen molar-refractivity contribution < 1.29 is 40.7 Å². The monoisotopic (exact) mass is 574 g/mol. The van der Waals surface area contributed by atoms with Crippen LogP contribution in [0, 0.1) is 0 Å². The van der Waals surface area contributed by atoms with Crippen LogP contribution in [-0.2, 0) is 30.1 Å². The molecule has 0 aliphatic carbocycles. The van der Waals surface area contributed by atoms with Crippen LogP contribution in [0.25, 0.3) is 10.9 Å². The second-order valence-electron chi connectivity index (χ2n) is 9.37. The second kappa shape index (κ2) is 10.3. The van der Waals surface area contributed by atoms with Crippen molar-refractivity contribution in [1.29, 1.82) is 0 Å². The number of hydrogen-bond acceptors (Lipinski definition) is 3. The number of alkyl halides is 6. The van der Waals surface area contributed by atoms with Crippen molar-refractivity contribution in [2.75, 3.05) is 5.32 Å². The lowest BCUT2D eigenvalue weighted by atomic mass is 10.0. The van der Waals surface area contributed by atoms with Crippen molar-refractivity contribution in [3.05, 3.63) is 101 Å². The molecule has 1 atom stereocenters. The molecular weight excluding hydrogens is 554 g/mol. The van der Waals surface area contributed by atoms with Gasteiger partial charge >= 0.3 is 24.4 Å². The summed E-state index contributed by atoms with van der Waals surface area (Å²) in [6, 6.07) is 12.3. The van der Waals surface area contributed by atoms with Gasteiger partial charge in [-0.2, -0.15) is 26.3 Å². The molecule has 3 aromatic carbocycles. The number of halogens is 6. The van der Waals surface area contributed by atoms with Gasteiger partial charge in [0, 0.05) is 29.2 Å². The van der Waals surface area contributed by atoms with E-state index in [2.05, 4.69) is 10.3 Å². The molecule has 1 aromatic heterocycles. The zero-order valence-corrected chi connectivity index (χ0v) is 20.9. The van der Waals surface area contributed by atoms with E-state index in [1.807, 2.05) is 0 Å². The van der Waals surface area contributed by atoms with Gasteiger partial charge in [0.25, 0.3) is 5.91 Å². The first-order chi connectivity index (χ1) is 19.3. The third-order valence-electron chi connectivity index (χ3n) is 6.62. The first-order valence-corrected chi connectivity index (χ1v) is 12.2. The Morgan fingerprint density at radius 1 is 0.854 bits per heavy atom. The first kappa shape index (κ1) is 27.7. The number of rotatable bonds is 5. The molecule has 0 radical (unpaired) electrons. The Morgan fingerprint density at radius 2 is 1.46 bits per heavy atom. The molecule has 2 heterocycles. The SMILES string of the molecule is O=C1C(Cc2c[nH]c3ccccc23)N(C(=O)Nc2ccccc2)C(=O)N1Cc1cc(C(F)(F)F)cc(C(F)(F)F)c1. The molecule has 212 valence electrons. The number of nitrogens with one attached hydrogen (secondary N) is 2. The Labute approximate surface area is 228 Å². The highest BCUT2D eigenvalue weighted by molar-refractivity contribution is 6.14. The van der Waals surface area contributed by atoms with Gasteiger partial charge < -0.3 is 10.3 Å². The molecule has 0 saturated carbocycles. The van der Waals surface area contributed by atoms with Crippen LogP contribution in [0.4, 0.5) is 41.6 Å². The van der Waals surface area contributed by atoms with Crippen molar-refractivity contribution in [1.82, 2.24) is 14.8 Å². The lowest BCUT2D eigenvalue weighted by molar-refractivity contribution is -0.143. The lowest BCUT2D eigenvalue weighted by Gasteiger charge is -2.20. The van der Waals surface area contributed by atoms with E-state index in [4.69, 9.17) is 0 Å². The molecule has 1 fully saturated rings. The normalized spacial score (nSPS) is 16.1. The van der Waals surface area contributed by atoms with Crippen LogP contribution in [0.15, 0.2) is 79.0 Å². The molecule has 1 unspecified atom stereocenters. The second-order valence-corrected chi connectivity index (χ2v) is 9.37. The highest BCUT2D eigenvalue weighted by Crippen LogP contribution is 2.37. The van der Waals surface area contributed by atoms with Gasteiger partial charge in [-0.15, -0.1) is 0 Å². The number of fused-ring (bicyclic) bond motifs is 1. The van der Waals surface area contributed by atoms with E-state index in [0.29, 0.717) is 38.6 Å². The molecule has 1 aliphatic rings. The molecule has 5 amide bonds. The summed E-state index contributed by atoms with van der Waals surface area (Å²) >= 11 is 0. The maximum Gasteiger partial charge on any atom is 0.416 e. The van der Waals surface area contributed by atoms with Gasteiger partial charge in [-0.1, -0.05) is 36.4 Å². The fraction of sp³-hybridized carbons (Fsp3) is 0.179. The summed E-state index contributed by atoms with van der Waals surface area (Å²) in [6.45, 7) is -0.913. The van der Waals surface area contributed by atoms with Gasteiger partial charge in [0.05, 0.1) is 17.7 Å². The van der Waals surface area contributed by atoms with E-state index in [9.17, 15) is 40.7 Å². The van der Waals surface area contributed by atoms with Crippen molar-refractivity contribution in [2.24, 2.45) is 0 Å². The molecule has 0 spiro atoms. The molecule has 1 aliphatic heterocycles. The minimum Gasteiger partial charge on any atom is -0.361 e. The Hall–Kier alpha value is -4.81.